The Hall–Kier alpha value is -1.28. The highest BCUT2D eigenvalue weighted by atomic mass is 79.9. The number of hydrogen-bond donors (Lipinski definition) is 2. The first-order chi connectivity index (χ1) is 8.77. The number of nitrogens with one attached hydrogen (secondary N) is 1. The summed E-state index contributed by atoms with van der Waals surface area (Å²) in [4.78, 5) is 3.82. The second-order valence-corrected chi connectivity index (χ2v) is 4.95. The van der Waals surface area contributed by atoms with Crippen LogP contribution >= 0.6 is 27.5 Å². The highest BCUT2D eigenvalue weighted by molar-refractivity contribution is 9.10. The number of hydrogen-bond acceptors (Lipinski definition) is 3. The van der Waals surface area contributed by atoms with Gasteiger partial charge in [-0.2, -0.15) is 18.2 Å². The summed E-state index contributed by atoms with van der Waals surface area (Å²) in [6, 6.07) is 2.44. The lowest BCUT2D eigenvalue weighted by atomic mass is 10.1. The molecule has 4 nitrogen and oxygen atoms in total. The molecule has 0 aliphatic rings. The van der Waals surface area contributed by atoms with Gasteiger partial charge in [0, 0.05) is 10.9 Å². The van der Waals surface area contributed by atoms with Crippen molar-refractivity contribution in [1.29, 1.82) is 0 Å². The van der Waals surface area contributed by atoms with E-state index in [-0.39, 0.29) is 21.9 Å². The number of aromatic nitrogens is 3. The van der Waals surface area contributed by atoms with E-state index in [1.165, 1.54) is 6.07 Å². The van der Waals surface area contributed by atoms with Gasteiger partial charge in [-0.3, -0.25) is 5.10 Å². The predicted molar refractivity (Wildman–Crippen MR) is 67.8 cm³/mol. The van der Waals surface area contributed by atoms with Gasteiger partial charge in [-0.25, -0.2) is 0 Å². The molecule has 0 saturated carbocycles. The first-order valence-corrected chi connectivity index (χ1v) is 6.16. The maximum atomic E-state index is 12.8. The maximum absolute atomic E-state index is 12.8. The van der Waals surface area contributed by atoms with Crippen molar-refractivity contribution in [3.63, 3.8) is 0 Å². The molecule has 19 heavy (non-hydrogen) atoms. The van der Waals surface area contributed by atoms with E-state index in [2.05, 4.69) is 31.1 Å². The second-order valence-electron chi connectivity index (χ2n) is 3.75. The molecular weight excluding hydrogens is 348 g/mol. The average Bonchev–Trinajstić information content (AvgIpc) is 2.67. The molecule has 3 N–H and O–H groups in total. The van der Waals surface area contributed by atoms with Crippen molar-refractivity contribution in [2.24, 2.45) is 0 Å². The smallest absolute Gasteiger partial charge is 0.367 e. The molecule has 2 aromatic rings. The van der Waals surface area contributed by atoms with Crippen LogP contribution in [0.4, 0.5) is 19.1 Å². The zero-order valence-corrected chi connectivity index (χ0v) is 11.6. The molecule has 1 heterocycles. The molecule has 102 valence electrons. The summed E-state index contributed by atoms with van der Waals surface area (Å²) in [5, 5.41) is 6.11. The van der Waals surface area contributed by atoms with Crippen LogP contribution < -0.4 is 5.73 Å². The van der Waals surface area contributed by atoms with Crippen molar-refractivity contribution in [3.05, 3.63) is 38.6 Å². The Bertz CT molecular complexity index is 611. The van der Waals surface area contributed by atoms with E-state index in [4.69, 9.17) is 17.3 Å². The van der Waals surface area contributed by atoms with E-state index in [9.17, 15) is 13.2 Å². The van der Waals surface area contributed by atoms with Gasteiger partial charge in [-0.1, -0.05) is 11.6 Å². The van der Waals surface area contributed by atoms with E-state index in [1.54, 1.807) is 0 Å². The normalized spacial score (nSPS) is 11.8. The molecule has 0 atom stereocenters. The monoisotopic (exact) mass is 354 g/mol. The number of halogens is 5. The van der Waals surface area contributed by atoms with Gasteiger partial charge in [-0.15, -0.1) is 5.10 Å². The van der Waals surface area contributed by atoms with Gasteiger partial charge in [0.25, 0.3) is 0 Å². The molecule has 0 fully saturated rings. The predicted octanol–water partition coefficient (Wildman–Crippen LogP) is 3.41. The largest absolute Gasteiger partial charge is 0.417 e. The molecule has 1 aromatic carbocycles. The molecule has 0 unspecified atom stereocenters. The second kappa shape index (κ2) is 5.01. The van der Waals surface area contributed by atoms with Crippen molar-refractivity contribution >= 4 is 33.5 Å². The highest BCUT2D eigenvalue weighted by Gasteiger charge is 2.34. The van der Waals surface area contributed by atoms with Gasteiger partial charge < -0.3 is 5.73 Å². The molecule has 0 saturated heterocycles. The van der Waals surface area contributed by atoms with Crippen LogP contribution in [0, 0.1) is 0 Å². The van der Waals surface area contributed by atoms with E-state index >= 15 is 0 Å². The number of nitrogens with zero attached hydrogens (tertiary/aromatic N) is 2. The minimum absolute atomic E-state index is 0.0164. The number of rotatable bonds is 2. The molecule has 0 spiro atoms. The lowest BCUT2D eigenvalue weighted by molar-refractivity contribution is -0.138. The number of nitrogens with two attached hydrogens (primary N) is 1. The minimum atomic E-state index is -4.49. The third kappa shape index (κ3) is 3.19. The summed E-state index contributed by atoms with van der Waals surface area (Å²) in [6.45, 7) is 0. The first kappa shape index (κ1) is 14.1. The number of aromatic amines is 1. The lowest BCUT2D eigenvalue weighted by Crippen LogP contribution is -2.07. The average molecular weight is 356 g/mol. The molecule has 9 heteroatoms. The van der Waals surface area contributed by atoms with Crippen LogP contribution in [0.1, 0.15) is 17.0 Å². The fourth-order valence-electron chi connectivity index (χ4n) is 1.54. The van der Waals surface area contributed by atoms with E-state index in [0.717, 1.165) is 6.07 Å². The third-order valence-corrected chi connectivity index (χ3v) is 3.69. The third-order valence-electron chi connectivity index (χ3n) is 2.31. The molecule has 0 aliphatic carbocycles. The molecule has 0 aliphatic heterocycles. The number of anilines is 1. The van der Waals surface area contributed by atoms with Gasteiger partial charge in [0.05, 0.1) is 10.6 Å². The van der Waals surface area contributed by atoms with Crippen molar-refractivity contribution < 1.29 is 13.2 Å². The Balaban J connectivity index is 2.39. The van der Waals surface area contributed by atoms with E-state index in [0.29, 0.717) is 11.4 Å². The molecule has 2 rings (SSSR count). The maximum Gasteiger partial charge on any atom is 0.417 e. The van der Waals surface area contributed by atoms with Crippen molar-refractivity contribution in [2.45, 2.75) is 12.6 Å². The number of alkyl halides is 3. The topological polar surface area (TPSA) is 67.6 Å². The van der Waals surface area contributed by atoms with Crippen molar-refractivity contribution in [2.75, 3.05) is 5.73 Å². The summed E-state index contributed by atoms with van der Waals surface area (Å²) in [7, 11) is 0. The van der Waals surface area contributed by atoms with Crippen LogP contribution in [0.2, 0.25) is 5.02 Å². The summed E-state index contributed by atoms with van der Waals surface area (Å²) >= 11 is 8.61. The van der Waals surface area contributed by atoms with E-state index < -0.39 is 11.7 Å². The SMILES string of the molecule is Nc1n[nH]c(Cc2cc(Cl)c(Br)c(C(F)(F)F)c2)n1. The zero-order chi connectivity index (χ0) is 14.2. The summed E-state index contributed by atoms with van der Waals surface area (Å²) in [6.07, 6.45) is -4.36. The van der Waals surface area contributed by atoms with Gasteiger partial charge in [0.1, 0.15) is 5.82 Å². The summed E-state index contributed by atoms with van der Waals surface area (Å²) in [5.74, 6) is 0.401. The molecule has 0 bridgehead atoms. The molecule has 0 amide bonds. The first-order valence-electron chi connectivity index (χ1n) is 4.99. The molecular formula is C10H7BrClF3N4. The molecule has 1 aromatic heterocycles. The van der Waals surface area contributed by atoms with Crippen LogP contribution in [0.5, 0.6) is 0 Å². The van der Waals surface area contributed by atoms with Gasteiger partial charge >= 0.3 is 6.18 Å². The van der Waals surface area contributed by atoms with Gasteiger partial charge in [0.15, 0.2) is 0 Å². The van der Waals surface area contributed by atoms with Gasteiger partial charge in [0.2, 0.25) is 5.95 Å². The van der Waals surface area contributed by atoms with Crippen LogP contribution in [0.25, 0.3) is 0 Å². The van der Waals surface area contributed by atoms with Crippen LogP contribution in [-0.2, 0) is 12.6 Å². The summed E-state index contributed by atoms with van der Waals surface area (Å²) in [5.41, 5.74) is 4.85. The lowest BCUT2D eigenvalue weighted by Gasteiger charge is -2.12. The highest BCUT2D eigenvalue weighted by Crippen LogP contribution is 2.39. The van der Waals surface area contributed by atoms with Crippen LogP contribution in [0.3, 0.4) is 0 Å². The Morgan fingerprint density at radius 2 is 2.05 bits per heavy atom. The fraction of sp³-hybridized carbons (Fsp3) is 0.200. The number of H-pyrrole nitrogens is 1. The van der Waals surface area contributed by atoms with Gasteiger partial charge in [-0.05, 0) is 33.6 Å². The zero-order valence-electron chi connectivity index (χ0n) is 9.22. The van der Waals surface area contributed by atoms with Crippen LogP contribution in [0.15, 0.2) is 16.6 Å². The summed E-state index contributed by atoms with van der Waals surface area (Å²) < 4.78 is 38.2. The number of nitrogen functional groups attached to an aromatic ring is 1. The van der Waals surface area contributed by atoms with Crippen molar-refractivity contribution in [3.8, 4) is 0 Å². The van der Waals surface area contributed by atoms with E-state index in [1.807, 2.05) is 0 Å². The standard InChI is InChI=1S/C10H7BrClF3N4/c11-8-5(10(13,14)15)1-4(2-6(8)12)3-7-17-9(16)19-18-7/h1-2H,3H2,(H3,16,17,18,19). The Morgan fingerprint density at radius 3 is 2.58 bits per heavy atom. The Morgan fingerprint density at radius 1 is 1.37 bits per heavy atom. The number of benzene rings is 1. The quantitative estimate of drug-likeness (QED) is 0.867. The molecule has 0 radical (unpaired) electrons. The van der Waals surface area contributed by atoms with Crippen molar-refractivity contribution in [1.82, 2.24) is 15.2 Å². The minimum Gasteiger partial charge on any atom is -0.367 e. The fourth-order valence-corrected chi connectivity index (χ4v) is 2.23. The van der Waals surface area contributed by atoms with Crippen LogP contribution in [-0.4, -0.2) is 15.2 Å². The Labute approximate surface area is 119 Å². The Kier molecular flexibility index (Phi) is 3.73.